The van der Waals surface area contributed by atoms with Crippen LogP contribution in [0.4, 0.5) is 0 Å². The summed E-state index contributed by atoms with van der Waals surface area (Å²) in [5.74, 6) is 0.511. The number of phosphoric acid groups is 1. The summed E-state index contributed by atoms with van der Waals surface area (Å²) in [6.07, 6.45) is 1.25. The fraction of sp³-hybridized carbons (Fsp3) is 0.800. The van der Waals surface area contributed by atoms with Gasteiger partial charge in [-0.1, -0.05) is 27.7 Å². The molecule has 0 aromatic heterocycles. The third-order valence-corrected chi connectivity index (χ3v) is 3.07. The van der Waals surface area contributed by atoms with E-state index in [0.717, 1.165) is 0 Å². The second kappa shape index (κ2) is 8.70. The Labute approximate surface area is 120 Å². The Balaban J connectivity index is 4.45. The van der Waals surface area contributed by atoms with Crippen LogP contribution in [0.5, 0.6) is 0 Å². The van der Waals surface area contributed by atoms with Gasteiger partial charge in [0, 0.05) is 0 Å². The zero-order valence-corrected chi connectivity index (χ0v) is 14.5. The molecular weight excluding hydrogens is 375 g/mol. The molecule has 0 spiro atoms. The van der Waals surface area contributed by atoms with Gasteiger partial charge >= 0.3 is 7.82 Å². The summed E-state index contributed by atoms with van der Waals surface area (Å²) in [5, 5.41) is 0. The van der Waals surface area contributed by atoms with Gasteiger partial charge in [-0.2, -0.15) is 0 Å². The minimum atomic E-state index is -3.52. The molecule has 0 unspecified atom stereocenters. The van der Waals surface area contributed by atoms with Crippen LogP contribution in [-0.4, -0.2) is 13.2 Å². The smallest absolute Gasteiger partial charge is 0.410 e. The summed E-state index contributed by atoms with van der Waals surface area (Å²) < 4.78 is 28.2. The lowest BCUT2D eigenvalue weighted by Crippen LogP contribution is -2.07. The molecule has 0 aliphatic rings. The van der Waals surface area contributed by atoms with Gasteiger partial charge in [-0.3, -0.25) is 9.05 Å². The van der Waals surface area contributed by atoms with E-state index in [4.69, 9.17) is 13.6 Å². The molecular formula is C10H19Br2O4P. The number of rotatable bonds is 8. The summed E-state index contributed by atoms with van der Waals surface area (Å²) in [5.41, 5.74) is 0. The molecule has 102 valence electrons. The fourth-order valence-corrected chi connectivity index (χ4v) is 2.55. The topological polar surface area (TPSA) is 44.8 Å². The van der Waals surface area contributed by atoms with Gasteiger partial charge in [0.25, 0.3) is 0 Å². The van der Waals surface area contributed by atoms with E-state index < -0.39 is 7.82 Å². The Morgan fingerprint density at radius 3 is 1.82 bits per heavy atom. The molecule has 0 fully saturated rings. The highest BCUT2D eigenvalue weighted by Crippen LogP contribution is 2.50. The molecule has 0 radical (unpaired) electrons. The van der Waals surface area contributed by atoms with E-state index in [1.807, 2.05) is 27.7 Å². The Morgan fingerprint density at radius 1 is 1.12 bits per heavy atom. The summed E-state index contributed by atoms with van der Waals surface area (Å²) in [6.45, 7) is 8.49. The van der Waals surface area contributed by atoms with Crippen LogP contribution < -0.4 is 0 Å². The first-order chi connectivity index (χ1) is 7.75. The SMILES string of the molecule is CC(C)COP(=O)(OC=C(Br)Br)OCC(C)C. The van der Waals surface area contributed by atoms with Gasteiger partial charge in [0.1, 0.15) is 6.26 Å². The molecule has 0 saturated heterocycles. The maximum Gasteiger partial charge on any atom is 0.529 e. The van der Waals surface area contributed by atoms with Gasteiger partial charge in [-0.15, -0.1) is 0 Å². The summed E-state index contributed by atoms with van der Waals surface area (Å²) in [6, 6.07) is 0. The molecule has 0 aliphatic carbocycles. The van der Waals surface area contributed by atoms with Crippen molar-refractivity contribution in [2.45, 2.75) is 27.7 Å². The van der Waals surface area contributed by atoms with Crippen LogP contribution in [0.15, 0.2) is 9.65 Å². The lowest BCUT2D eigenvalue weighted by molar-refractivity contribution is 0.120. The largest absolute Gasteiger partial charge is 0.529 e. The third kappa shape index (κ3) is 10.3. The molecule has 0 atom stereocenters. The zero-order valence-electron chi connectivity index (χ0n) is 10.5. The Hall–Kier alpha value is 0.650. The Kier molecular flexibility index (Phi) is 9.03. The molecule has 0 heterocycles. The molecule has 0 aromatic rings. The average molecular weight is 394 g/mol. The molecule has 17 heavy (non-hydrogen) atoms. The van der Waals surface area contributed by atoms with Crippen molar-refractivity contribution < 1.29 is 18.1 Å². The van der Waals surface area contributed by atoms with Gasteiger partial charge in [-0.05, 0) is 43.7 Å². The molecule has 0 bridgehead atoms. The van der Waals surface area contributed by atoms with E-state index in [-0.39, 0.29) is 11.8 Å². The normalized spacial score (nSPS) is 12.0. The highest BCUT2D eigenvalue weighted by molar-refractivity contribution is 9.28. The van der Waals surface area contributed by atoms with Crippen molar-refractivity contribution in [1.82, 2.24) is 0 Å². The van der Waals surface area contributed by atoms with Crippen LogP contribution in [0.25, 0.3) is 0 Å². The quantitative estimate of drug-likeness (QED) is 0.427. The molecule has 0 N–H and O–H groups in total. The first-order valence-electron chi connectivity index (χ1n) is 5.34. The van der Waals surface area contributed by atoms with Crippen LogP contribution in [-0.2, 0) is 18.1 Å². The average Bonchev–Trinajstić information content (AvgIpc) is 2.21. The van der Waals surface area contributed by atoms with Crippen molar-refractivity contribution in [3.05, 3.63) is 9.65 Å². The first-order valence-corrected chi connectivity index (χ1v) is 8.38. The van der Waals surface area contributed by atoms with E-state index in [9.17, 15) is 4.57 Å². The highest BCUT2D eigenvalue weighted by atomic mass is 79.9. The highest BCUT2D eigenvalue weighted by Gasteiger charge is 2.27. The summed E-state index contributed by atoms with van der Waals surface area (Å²) >= 11 is 6.22. The van der Waals surface area contributed by atoms with E-state index in [1.54, 1.807) is 0 Å². The second-order valence-electron chi connectivity index (χ2n) is 4.34. The molecule has 0 amide bonds. The van der Waals surface area contributed by atoms with Crippen molar-refractivity contribution in [3.63, 3.8) is 0 Å². The predicted molar refractivity (Wildman–Crippen MR) is 76.2 cm³/mol. The predicted octanol–water partition coefficient (Wildman–Crippen LogP) is 5.05. The van der Waals surface area contributed by atoms with Crippen molar-refractivity contribution in [2.75, 3.05) is 13.2 Å². The first kappa shape index (κ1) is 17.6. The van der Waals surface area contributed by atoms with E-state index in [2.05, 4.69) is 31.9 Å². The zero-order chi connectivity index (χ0) is 13.5. The van der Waals surface area contributed by atoms with E-state index in [1.165, 1.54) is 6.26 Å². The van der Waals surface area contributed by atoms with Gasteiger partial charge in [0.2, 0.25) is 0 Å². The third-order valence-electron chi connectivity index (χ3n) is 1.40. The lowest BCUT2D eigenvalue weighted by Gasteiger charge is -2.18. The number of hydrogen-bond acceptors (Lipinski definition) is 4. The minimum absolute atomic E-state index is 0.256. The molecule has 0 saturated carbocycles. The number of phosphoric ester groups is 1. The maximum atomic E-state index is 12.2. The molecule has 7 heteroatoms. The van der Waals surface area contributed by atoms with Gasteiger partial charge in [0.05, 0.1) is 16.6 Å². The number of hydrogen-bond donors (Lipinski definition) is 0. The van der Waals surface area contributed by atoms with Gasteiger partial charge < -0.3 is 4.52 Å². The number of halogens is 2. The lowest BCUT2D eigenvalue weighted by atomic mass is 10.2. The van der Waals surface area contributed by atoms with Crippen molar-refractivity contribution in [3.8, 4) is 0 Å². The van der Waals surface area contributed by atoms with Crippen LogP contribution >= 0.6 is 39.7 Å². The van der Waals surface area contributed by atoms with Crippen molar-refractivity contribution in [1.29, 1.82) is 0 Å². The minimum Gasteiger partial charge on any atom is -0.410 e. The molecule has 4 nitrogen and oxygen atoms in total. The Morgan fingerprint density at radius 2 is 1.53 bits per heavy atom. The van der Waals surface area contributed by atoms with Crippen LogP contribution in [0.2, 0.25) is 0 Å². The molecule has 0 rings (SSSR count). The van der Waals surface area contributed by atoms with Crippen LogP contribution in [0.1, 0.15) is 27.7 Å². The monoisotopic (exact) mass is 392 g/mol. The summed E-state index contributed by atoms with van der Waals surface area (Å²) in [7, 11) is -3.52. The van der Waals surface area contributed by atoms with Crippen molar-refractivity contribution in [2.24, 2.45) is 11.8 Å². The molecule has 0 aliphatic heterocycles. The summed E-state index contributed by atoms with van der Waals surface area (Å²) in [4.78, 5) is 0. The maximum absolute atomic E-state index is 12.2. The Bertz CT molecular complexity index is 272. The standard InChI is InChI=1S/C10H19Br2O4P/c1-8(2)5-14-17(13,15-6-9(3)4)16-7-10(11)12/h7-9H,5-6H2,1-4H3. The van der Waals surface area contributed by atoms with Gasteiger partial charge in [0.15, 0.2) is 0 Å². The molecule has 0 aromatic carbocycles. The van der Waals surface area contributed by atoms with Gasteiger partial charge in [-0.25, -0.2) is 4.57 Å². The fourth-order valence-electron chi connectivity index (χ4n) is 0.683. The van der Waals surface area contributed by atoms with Crippen molar-refractivity contribution >= 4 is 39.7 Å². The van der Waals surface area contributed by atoms with Crippen LogP contribution in [0.3, 0.4) is 0 Å². The van der Waals surface area contributed by atoms with Crippen LogP contribution in [0, 0.1) is 11.8 Å². The van der Waals surface area contributed by atoms with E-state index >= 15 is 0 Å². The van der Waals surface area contributed by atoms with E-state index in [0.29, 0.717) is 16.6 Å². The second-order valence-corrected chi connectivity index (χ2v) is 8.73.